The van der Waals surface area contributed by atoms with Crippen LogP contribution >= 0.6 is 0 Å². The largest absolute Gasteiger partial charge is 0.323 e. The summed E-state index contributed by atoms with van der Waals surface area (Å²) in [5, 5.41) is 3.26. The number of para-hydroxylation sites is 1. The molecule has 0 aromatic heterocycles. The normalized spacial score (nSPS) is 15.5. The number of nitrogens with zero attached hydrogens (tertiary/aromatic N) is 1. The summed E-state index contributed by atoms with van der Waals surface area (Å²) >= 11 is 0. The zero-order valence-electron chi connectivity index (χ0n) is 19.8. The van der Waals surface area contributed by atoms with Crippen molar-refractivity contribution < 1.29 is 9.59 Å². The number of amides is 2. The second kappa shape index (κ2) is 9.62. The third-order valence-corrected chi connectivity index (χ3v) is 6.43. The molecule has 0 saturated carbocycles. The summed E-state index contributed by atoms with van der Waals surface area (Å²) in [5.74, 6) is 0.243. The van der Waals surface area contributed by atoms with Gasteiger partial charge in [-0.25, -0.2) is 0 Å². The average Bonchev–Trinajstić information content (AvgIpc) is 2.83. The van der Waals surface area contributed by atoms with Gasteiger partial charge in [-0.2, -0.15) is 0 Å². The Labute approximate surface area is 196 Å². The number of benzene rings is 3. The van der Waals surface area contributed by atoms with E-state index in [0.29, 0.717) is 12.1 Å². The second-order valence-corrected chi connectivity index (χ2v) is 9.33. The molecule has 1 aliphatic heterocycles. The van der Waals surface area contributed by atoms with Crippen molar-refractivity contribution in [3.05, 3.63) is 101 Å². The van der Waals surface area contributed by atoms with Crippen LogP contribution in [0.3, 0.4) is 0 Å². The van der Waals surface area contributed by atoms with E-state index < -0.39 is 6.04 Å². The lowest BCUT2D eigenvalue weighted by Gasteiger charge is -2.37. The maximum absolute atomic E-state index is 13.9. The first-order valence-electron chi connectivity index (χ1n) is 11.8. The van der Waals surface area contributed by atoms with E-state index in [1.165, 1.54) is 0 Å². The van der Waals surface area contributed by atoms with Crippen molar-refractivity contribution in [2.24, 2.45) is 0 Å². The summed E-state index contributed by atoms with van der Waals surface area (Å²) < 4.78 is 0. The summed E-state index contributed by atoms with van der Waals surface area (Å²) in [6, 6.07) is 22.7. The number of hydrogen-bond donors (Lipinski definition) is 1. The molecule has 1 N–H and O–H groups in total. The average molecular weight is 441 g/mol. The van der Waals surface area contributed by atoms with Gasteiger partial charge in [-0.3, -0.25) is 9.59 Å². The first kappa shape index (κ1) is 22.8. The molecule has 4 rings (SSSR count). The van der Waals surface area contributed by atoms with E-state index in [-0.39, 0.29) is 23.7 Å². The highest BCUT2D eigenvalue weighted by Crippen LogP contribution is 2.36. The van der Waals surface area contributed by atoms with Crippen molar-refractivity contribution in [2.45, 2.75) is 52.0 Å². The number of carbonyl (C=O) groups is 2. The second-order valence-electron chi connectivity index (χ2n) is 9.33. The molecule has 170 valence electrons. The van der Waals surface area contributed by atoms with Crippen LogP contribution < -0.4 is 5.32 Å². The number of fused-ring (bicyclic) bond motifs is 1. The van der Waals surface area contributed by atoms with Crippen LogP contribution in [0, 0.1) is 0 Å². The van der Waals surface area contributed by atoms with Gasteiger partial charge in [0.15, 0.2) is 0 Å². The fraction of sp³-hybridized carbons (Fsp3) is 0.310. The number of carbonyl (C=O) groups excluding carboxylic acids is 2. The van der Waals surface area contributed by atoms with Crippen molar-refractivity contribution in [2.75, 3.05) is 11.9 Å². The topological polar surface area (TPSA) is 49.4 Å². The molecule has 0 radical (unpaired) electrons. The third kappa shape index (κ3) is 4.56. The monoisotopic (exact) mass is 440 g/mol. The molecule has 4 heteroatoms. The molecule has 33 heavy (non-hydrogen) atoms. The number of rotatable bonds is 5. The minimum Gasteiger partial charge on any atom is -0.323 e. The van der Waals surface area contributed by atoms with Gasteiger partial charge in [0.1, 0.15) is 6.04 Å². The molecule has 0 aliphatic carbocycles. The van der Waals surface area contributed by atoms with Gasteiger partial charge in [0.05, 0.1) is 0 Å². The number of nitrogens with one attached hydrogen (secondary N) is 1. The first-order chi connectivity index (χ1) is 15.9. The Morgan fingerprint density at radius 1 is 0.818 bits per heavy atom. The molecule has 1 heterocycles. The summed E-state index contributed by atoms with van der Waals surface area (Å²) in [7, 11) is 0. The van der Waals surface area contributed by atoms with E-state index in [2.05, 4.69) is 57.3 Å². The summed E-state index contributed by atoms with van der Waals surface area (Å²) in [6.45, 7) is 9.05. The van der Waals surface area contributed by atoms with Crippen molar-refractivity contribution in [3.63, 3.8) is 0 Å². The maximum Gasteiger partial charge on any atom is 0.254 e. The van der Waals surface area contributed by atoms with Gasteiger partial charge in [0.2, 0.25) is 0 Å². The highest BCUT2D eigenvalue weighted by atomic mass is 16.2. The number of hydrogen-bond acceptors (Lipinski definition) is 2. The minimum absolute atomic E-state index is 0.119. The van der Waals surface area contributed by atoms with Crippen LogP contribution in [-0.2, 0) is 11.2 Å². The zero-order chi connectivity index (χ0) is 23.5. The Balaban J connectivity index is 1.76. The molecule has 1 atom stereocenters. The molecule has 0 fully saturated rings. The third-order valence-electron chi connectivity index (χ3n) is 6.43. The Morgan fingerprint density at radius 2 is 1.42 bits per heavy atom. The highest BCUT2D eigenvalue weighted by Gasteiger charge is 2.36. The van der Waals surface area contributed by atoms with Gasteiger partial charge in [0, 0.05) is 17.8 Å². The van der Waals surface area contributed by atoms with Crippen LogP contribution in [0.25, 0.3) is 0 Å². The molecule has 0 saturated heterocycles. The lowest BCUT2D eigenvalue weighted by molar-refractivity contribution is -0.121. The van der Waals surface area contributed by atoms with Gasteiger partial charge in [-0.05, 0) is 52.6 Å². The van der Waals surface area contributed by atoms with Crippen LogP contribution in [0.15, 0.2) is 72.8 Å². The molecule has 0 bridgehead atoms. The summed E-state index contributed by atoms with van der Waals surface area (Å²) in [5.41, 5.74) is 5.72. The summed E-state index contributed by atoms with van der Waals surface area (Å²) in [6.07, 6.45) is 0.734. The molecule has 1 unspecified atom stereocenters. The van der Waals surface area contributed by atoms with Crippen molar-refractivity contribution in [1.29, 1.82) is 0 Å². The molecule has 3 aromatic rings. The Kier molecular flexibility index (Phi) is 6.64. The highest BCUT2D eigenvalue weighted by molar-refractivity contribution is 6.02. The smallest absolute Gasteiger partial charge is 0.254 e. The predicted octanol–water partition coefficient (Wildman–Crippen LogP) is 6.31. The molecule has 4 nitrogen and oxygen atoms in total. The predicted molar refractivity (Wildman–Crippen MR) is 134 cm³/mol. The van der Waals surface area contributed by atoms with Gasteiger partial charge in [-0.1, -0.05) is 88.4 Å². The maximum atomic E-state index is 13.9. The summed E-state index contributed by atoms with van der Waals surface area (Å²) in [4.78, 5) is 29.1. The first-order valence-corrected chi connectivity index (χ1v) is 11.8. The fourth-order valence-corrected chi connectivity index (χ4v) is 4.70. The molecular weight excluding hydrogens is 408 g/mol. The molecule has 3 aromatic carbocycles. The quantitative estimate of drug-likeness (QED) is 0.505. The van der Waals surface area contributed by atoms with Crippen molar-refractivity contribution >= 4 is 17.5 Å². The zero-order valence-corrected chi connectivity index (χ0v) is 19.8. The van der Waals surface area contributed by atoms with E-state index in [1.54, 1.807) is 4.90 Å². The lowest BCUT2D eigenvalue weighted by atomic mass is 9.90. The fourth-order valence-electron chi connectivity index (χ4n) is 4.70. The van der Waals surface area contributed by atoms with E-state index >= 15 is 0 Å². The Hall–Kier alpha value is -3.40. The minimum atomic E-state index is -0.678. The van der Waals surface area contributed by atoms with E-state index in [0.717, 1.165) is 34.4 Å². The molecule has 1 aliphatic rings. The van der Waals surface area contributed by atoms with E-state index in [4.69, 9.17) is 0 Å². The van der Waals surface area contributed by atoms with Crippen LogP contribution in [0.2, 0.25) is 0 Å². The number of anilines is 1. The SMILES string of the molecule is CC(C)c1cccc(C(C)C)c1NC(=O)C1c2ccccc2CCN1C(=O)c1ccccc1. The van der Waals surface area contributed by atoms with Crippen LogP contribution in [0.1, 0.15) is 78.2 Å². The van der Waals surface area contributed by atoms with E-state index in [9.17, 15) is 9.59 Å². The Bertz CT molecular complexity index is 1130. The van der Waals surface area contributed by atoms with E-state index in [1.807, 2.05) is 48.5 Å². The van der Waals surface area contributed by atoms with Gasteiger partial charge < -0.3 is 10.2 Å². The molecule has 0 spiro atoms. The molecule has 2 amide bonds. The Morgan fingerprint density at radius 3 is 2.06 bits per heavy atom. The van der Waals surface area contributed by atoms with Crippen molar-refractivity contribution in [3.8, 4) is 0 Å². The lowest BCUT2D eigenvalue weighted by Crippen LogP contribution is -2.45. The van der Waals surface area contributed by atoms with Crippen LogP contribution in [-0.4, -0.2) is 23.3 Å². The van der Waals surface area contributed by atoms with Gasteiger partial charge in [-0.15, -0.1) is 0 Å². The van der Waals surface area contributed by atoms with Crippen LogP contribution in [0.4, 0.5) is 5.69 Å². The molecular formula is C29H32N2O2. The van der Waals surface area contributed by atoms with Gasteiger partial charge >= 0.3 is 0 Å². The van der Waals surface area contributed by atoms with Crippen molar-refractivity contribution in [1.82, 2.24) is 4.90 Å². The van der Waals surface area contributed by atoms with Gasteiger partial charge in [0.25, 0.3) is 11.8 Å². The standard InChI is InChI=1S/C29H32N2O2/c1-19(2)23-15-10-16-24(20(3)4)26(23)30-28(32)27-25-14-9-8-11-21(25)17-18-31(27)29(33)22-12-6-5-7-13-22/h5-16,19-20,27H,17-18H2,1-4H3,(H,30,32). The van der Waals surface area contributed by atoms with Crippen LogP contribution in [0.5, 0.6) is 0 Å².